The van der Waals surface area contributed by atoms with Gasteiger partial charge in [-0.2, -0.15) is 0 Å². The van der Waals surface area contributed by atoms with Crippen LogP contribution in [0.3, 0.4) is 0 Å². The van der Waals surface area contributed by atoms with Crippen molar-refractivity contribution in [3.8, 4) is 11.1 Å². The number of anilines is 1. The highest BCUT2D eigenvalue weighted by molar-refractivity contribution is 6.08. The fourth-order valence-corrected chi connectivity index (χ4v) is 4.31. The third kappa shape index (κ3) is 2.43. The molecule has 5 rings (SSSR count). The molecular weight excluding hydrogens is 352 g/mol. The van der Waals surface area contributed by atoms with Gasteiger partial charge in [0.1, 0.15) is 0 Å². The van der Waals surface area contributed by atoms with E-state index >= 15 is 0 Å². The van der Waals surface area contributed by atoms with E-state index in [-0.39, 0.29) is 11.8 Å². The lowest BCUT2D eigenvalue weighted by Gasteiger charge is -2.23. The smallest absolute Gasteiger partial charge is 0.339 e. The molecule has 28 heavy (non-hydrogen) atoms. The summed E-state index contributed by atoms with van der Waals surface area (Å²) < 4.78 is 4.84. The topological polar surface area (TPSA) is 59.5 Å². The summed E-state index contributed by atoms with van der Waals surface area (Å²) in [5, 5.41) is 0. The lowest BCUT2D eigenvalue weighted by atomic mass is 9.81. The summed E-state index contributed by atoms with van der Waals surface area (Å²) in [7, 11) is 1.37. The second-order valence-electron chi connectivity index (χ2n) is 7.13. The van der Waals surface area contributed by atoms with Crippen LogP contribution >= 0.6 is 0 Å². The van der Waals surface area contributed by atoms with Gasteiger partial charge in [-0.15, -0.1) is 0 Å². The molecule has 0 saturated carbocycles. The third-order valence-electron chi connectivity index (χ3n) is 5.57. The molecular formula is C23H18N2O3. The quantitative estimate of drug-likeness (QED) is 0.643. The summed E-state index contributed by atoms with van der Waals surface area (Å²) in [6.07, 6.45) is 2.32. The fraction of sp³-hybridized carbons (Fsp3) is 0.174. The van der Waals surface area contributed by atoms with Gasteiger partial charge in [0.05, 0.1) is 12.7 Å². The highest BCUT2D eigenvalue weighted by Gasteiger charge is 2.38. The molecule has 1 unspecified atom stereocenters. The Bertz CT molecular complexity index is 1110. The van der Waals surface area contributed by atoms with E-state index in [9.17, 15) is 9.59 Å². The average Bonchev–Trinajstić information content (AvgIpc) is 3.13. The van der Waals surface area contributed by atoms with Crippen LogP contribution < -0.4 is 4.90 Å². The number of carbonyl (C=O) groups is 2. The molecule has 0 N–H and O–H groups in total. The zero-order chi connectivity index (χ0) is 19.3. The Labute approximate surface area is 162 Å². The largest absolute Gasteiger partial charge is 0.465 e. The molecule has 1 aromatic heterocycles. The number of carbonyl (C=O) groups excluding carboxylic acids is 2. The fourth-order valence-electron chi connectivity index (χ4n) is 4.31. The van der Waals surface area contributed by atoms with Gasteiger partial charge in [0, 0.05) is 41.2 Å². The number of hydrogen-bond acceptors (Lipinski definition) is 4. The molecule has 1 amide bonds. The van der Waals surface area contributed by atoms with Crippen LogP contribution in [0.25, 0.3) is 11.1 Å². The summed E-state index contributed by atoms with van der Waals surface area (Å²) in [6, 6.07) is 17.2. The molecule has 0 saturated heterocycles. The molecule has 0 spiro atoms. The van der Waals surface area contributed by atoms with Gasteiger partial charge in [-0.3, -0.25) is 9.78 Å². The van der Waals surface area contributed by atoms with E-state index in [4.69, 9.17) is 4.74 Å². The predicted octanol–water partition coefficient (Wildman–Crippen LogP) is 3.84. The van der Waals surface area contributed by atoms with Gasteiger partial charge in [-0.1, -0.05) is 30.3 Å². The van der Waals surface area contributed by atoms with Crippen LogP contribution in [0.1, 0.15) is 37.9 Å². The number of esters is 1. The number of pyridine rings is 1. The third-order valence-corrected chi connectivity index (χ3v) is 5.57. The van der Waals surface area contributed by atoms with Crippen LogP contribution in [0.2, 0.25) is 0 Å². The van der Waals surface area contributed by atoms with Crippen molar-refractivity contribution >= 4 is 17.6 Å². The first-order valence-electron chi connectivity index (χ1n) is 9.25. The number of methoxy groups -OCH3 is 1. The molecule has 0 fully saturated rings. The van der Waals surface area contributed by atoms with E-state index in [0.29, 0.717) is 17.7 Å². The zero-order valence-electron chi connectivity index (χ0n) is 15.4. The Balaban J connectivity index is 1.60. The highest BCUT2D eigenvalue weighted by atomic mass is 16.5. The monoisotopic (exact) mass is 370 g/mol. The van der Waals surface area contributed by atoms with Gasteiger partial charge in [-0.05, 0) is 41.8 Å². The van der Waals surface area contributed by atoms with Crippen molar-refractivity contribution in [3.63, 3.8) is 0 Å². The van der Waals surface area contributed by atoms with Crippen LogP contribution in [0.5, 0.6) is 0 Å². The van der Waals surface area contributed by atoms with E-state index in [1.54, 1.807) is 6.20 Å². The molecule has 2 aliphatic rings. The van der Waals surface area contributed by atoms with E-state index in [0.717, 1.165) is 28.9 Å². The number of fused-ring (bicyclic) bond motifs is 2. The van der Waals surface area contributed by atoms with Crippen molar-refractivity contribution in [1.82, 2.24) is 4.98 Å². The Morgan fingerprint density at radius 1 is 1.04 bits per heavy atom. The van der Waals surface area contributed by atoms with E-state index in [2.05, 4.69) is 4.98 Å². The highest BCUT2D eigenvalue weighted by Crippen LogP contribution is 2.48. The predicted molar refractivity (Wildman–Crippen MR) is 106 cm³/mol. The molecule has 5 nitrogen and oxygen atoms in total. The lowest BCUT2D eigenvalue weighted by molar-refractivity contribution is 0.0600. The summed E-state index contributed by atoms with van der Waals surface area (Å²) in [5.41, 5.74) is 6.19. The number of nitrogens with zero attached hydrogens (tertiary/aromatic N) is 2. The zero-order valence-corrected chi connectivity index (χ0v) is 15.4. The first kappa shape index (κ1) is 16.7. The number of aromatic nitrogens is 1. The average molecular weight is 370 g/mol. The summed E-state index contributed by atoms with van der Waals surface area (Å²) in [6.45, 7) is 0.639. The van der Waals surface area contributed by atoms with E-state index in [1.165, 1.54) is 12.7 Å². The van der Waals surface area contributed by atoms with Crippen LogP contribution in [0.4, 0.5) is 5.69 Å². The first-order valence-corrected chi connectivity index (χ1v) is 9.25. The van der Waals surface area contributed by atoms with Crippen LogP contribution in [-0.4, -0.2) is 30.5 Å². The minimum atomic E-state index is -0.397. The first-order chi connectivity index (χ1) is 13.7. The number of amides is 1. The number of ether oxygens (including phenoxy) is 1. The molecule has 0 bridgehead atoms. The van der Waals surface area contributed by atoms with Crippen molar-refractivity contribution in [2.24, 2.45) is 0 Å². The maximum Gasteiger partial charge on any atom is 0.339 e. The lowest BCUT2D eigenvalue weighted by Crippen LogP contribution is -2.30. The molecule has 3 aromatic rings. The number of rotatable bonds is 2. The van der Waals surface area contributed by atoms with Gasteiger partial charge >= 0.3 is 5.97 Å². The maximum atomic E-state index is 13.1. The summed E-state index contributed by atoms with van der Waals surface area (Å²) >= 11 is 0. The Morgan fingerprint density at radius 3 is 2.64 bits per heavy atom. The van der Waals surface area contributed by atoms with Gasteiger partial charge in [0.2, 0.25) is 0 Å². The molecule has 5 heteroatoms. The van der Waals surface area contributed by atoms with Crippen molar-refractivity contribution in [2.75, 3.05) is 18.6 Å². The van der Waals surface area contributed by atoms with Crippen LogP contribution in [0, 0.1) is 0 Å². The summed E-state index contributed by atoms with van der Waals surface area (Å²) in [5.74, 6) is -0.176. The molecule has 2 aromatic carbocycles. The van der Waals surface area contributed by atoms with Crippen molar-refractivity contribution in [3.05, 3.63) is 83.2 Å². The van der Waals surface area contributed by atoms with Gasteiger partial charge in [0.15, 0.2) is 0 Å². The molecule has 138 valence electrons. The van der Waals surface area contributed by atoms with E-state index < -0.39 is 5.97 Å². The number of hydrogen-bond donors (Lipinski definition) is 0. The molecule has 1 aliphatic carbocycles. The number of benzene rings is 2. The molecule has 1 aliphatic heterocycles. The molecule has 1 atom stereocenters. The van der Waals surface area contributed by atoms with Gasteiger partial charge in [-0.25, -0.2) is 4.79 Å². The van der Waals surface area contributed by atoms with Crippen molar-refractivity contribution < 1.29 is 14.3 Å². The second kappa shape index (κ2) is 6.30. The SMILES string of the molecule is COC(=O)c1cnc2c(c1)-c1cccc3c1C(C2)CN3C(=O)c1ccccc1. The normalized spacial score (nSPS) is 16.3. The second-order valence-corrected chi connectivity index (χ2v) is 7.13. The molecule has 2 heterocycles. The standard InChI is InChI=1S/C23H18N2O3/c1-28-23(27)15-10-18-17-8-5-9-20-21(17)16(11-19(18)24-12-15)13-25(20)22(26)14-6-3-2-4-7-14/h2-10,12,16H,11,13H2,1H3. The summed E-state index contributed by atoms with van der Waals surface area (Å²) in [4.78, 5) is 31.4. The van der Waals surface area contributed by atoms with E-state index in [1.807, 2.05) is 59.5 Å². The van der Waals surface area contributed by atoms with Gasteiger partial charge < -0.3 is 9.64 Å². The Morgan fingerprint density at radius 2 is 1.86 bits per heavy atom. The van der Waals surface area contributed by atoms with Crippen LogP contribution in [0.15, 0.2) is 60.8 Å². The van der Waals surface area contributed by atoms with Crippen LogP contribution in [-0.2, 0) is 11.2 Å². The minimum absolute atomic E-state index is 0.00988. The molecule has 0 radical (unpaired) electrons. The van der Waals surface area contributed by atoms with Crippen molar-refractivity contribution in [1.29, 1.82) is 0 Å². The van der Waals surface area contributed by atoms with Crippen molar-refractivity contribution in [2.45, 2.75) is 12.3 Å². The van der Waals surface area contributed by atoms with Gasteiger partial charge in [0.25, 0.3) is 5.91 Å². The maximum absolute atomic E-state index is 13.1. The minimum Gasteiger partial charge on any atom is -0.465 e. The Kier molecular flexibility index (Phi) is 3.76. The Hall–Kier alpha value is -3.47.